The fourth-order valence-electron chi connectivity index (χ4n) is 2.45. The normalized spacial score (nSPS) is 11.7. The zero-order chi connectivity index (χ0) is 18.3. The molecule has 1 aromatic carbocycles. The Balaban J connectivity index is 1.87. The molecule has 0 bridgehead atoms. The molecule has 0 radical (unpaired) electrons. The molecule has 1 heterocycles. The van der Waals surface area contributed by atoms with Crippen molar-refractivity contribution in [3.63, 3.8) is 0 Å². The van der Waals surface area contributed by atoms with Crippen molar-refractivity contribution in [3.8, 4) is 0 Å². The second kappa shape index (κ2) is 8.78. The van der Waals surface area contributed by atoms with E-state index in [9.17, 15) is 4.79 Å². The minimum absolute atomic E-state index is 0.117. The van der Waals surface area contributed by atoms with E-state index >= 15 is 0 Å². The first kappa shape index (κ1) is 19.1. The lowest BCUT2D eigenvalue weighted by molar-refractivity contribution is -0.117. The van der Waals surface area contributed by atoms with Gasteiger partial charge in [0.1, 0.15) is 0 Å². The van der Waals surface area contributed by atoms with Gasteiger partial charge >= 0.3 is 0 Å². The van der Waals surface area contributed by atoms with Gasteiger partial charge in [0, 0.05) is 31.1 Å². The Bertz CT molecular complexity index is 662. The second-order valence-electron chi connectivity index (χ2n) is 7.18. The van der Waals surface area contributed by atoms with Gasteiger partial charge in [-0.15, -0.1) is 0 Å². The molecule has 6 nitrogen and oxygen atoms in total. The van der Waals surface area contributed by atoms with Crippen LogP contribution in [0.2, 0.25) is 0 Å². The SMILES string of the molecule is CC(C)(C)c1cc(NC(=O)CN(CCN)CCc2ccccc2)on1. The first-order chi connectivity index (χ1) is 11.9. The van der Waals surface area contributed by atoms with Crippen LogP contribution in [-0.4, -0.2) is 42.1 Å². The second-order valence-corrected chi connectivity index (χ2v) is 7.18. The highest BCUT2D eigenvalue weighted by Gasteiger charge is 2.20. The van der Waals surface area contributed by atoms with Crippen LogP contribution in [0.15, 0.2) is 40.9 Å². The van der Waals surface area contributed by atoms with Crippen LogP contribution in [-0.2, 0) is 16.6 Å². The van der Waals surface area contributed by atoms with E-state index in [1.54, 1.807) is 6.07 Å². The third-order valence-electron chi connectivity index (χ3n) is 3.91. The molecule has 0 unspecified atom stereocenters. The van der Waals surface area contributed by atoms with Gasteiger partial charge in [-0.3, -0.25) is 15.0 Å². The lowest BCUT2D eigenvalue weighted by Gasteiger charge is -2.20. The lowest BCUT2D eigenvalue weighted by atomic mass is 9.92. The van der Waals surface area contributed by atoms with E-state index in [0.717, 1.165) is 18.7 Å². The Kier molecular flexibility index (Phi) is 6.73. The smallest absolute Gasteiger partial charge is 0.240 e. The summed E-state index contributed by atoms with van der Waals surface area (Å²) in [5.41, 5.74) is 7.61. The molecule has 6 heteroatoms. The molecule has 0 saturated carbocycles. The molecule has 2 aromatic rings. The Morgan fingerprint density at radius 1 is 1.24 bits per heavy atom. The number of nitrogens with two attached hydrogens (primary N) is 1. The van der Waals surface area contributed by atoms with Crippen LogP contribution in [0.25, 0.3) is 0 Å². The zero-order valence-corrected chi connectivity index (χ0v) is 15.3. The summed E-state index contributed by atoms with van der Waals surface area (Å²) in [6, 6.07) is 12.0. The molecule has 0 aliphatic carbocycles. The number of aromatic nitrogens is 1. The molecule has 3 N–H and O–H groups in total. The summed E-state index contributed by atoms with van der Waals surface area (Å²) in [6.45, 7) is 8.37. The number of nitrogens with zero attached hydrogens (tertiary/aromatic N) is 2. The Hall–Kier alpha value is -2.18. The number of carbonyl (C=O) groups excluding carboxylic acids is 1. The zero-order valence-electron chi connectivity index (χ0n) is 15.3. The van der Waals surface area contributed by atoms with E-state index in [4.69, 9.17) is 10.3 Å². The minimum atomic E-state index is -0.127. The highest BCUT2D eigenvalue weighted by Crippen LogP contribution is 2.23. The van der Waals surface area contributed by atoms with Crippen molar-refractivity contribution in [3.05, 3.63) is 47.7 Å². The summed E-state index contributed by atoms with van der Waals surface area (Å²) in [5.74, 6) is 0.254. The van der Waals surface area contributed by atoms with Gasteiger partial charge in [-0.2, -0.15) is 0 Å². The van der Waals surface area contributed by atoms with Crippen molar-refractivity contribution in [1.82, 2.24) is 10.1 Å². The molecule has 0 spiro atoms. The molecule has 1 aromatic heterocycles. The van der Waals surface area contributed by atoms with Gasteiger partial charge in [0.05, 0.1) is 12.2 Å². The van der Waals surface area contributed by atoms with Crippen molar-refractivity contribution in [2.24, 2.45) is 5.73 Å². The van der Waals surface area contributed by atoms with Crippen molar-refractivity contribution < 1.29 is 9.32 Å². The van der Waals surface area contributed by atoms with Gasteiger partial charge in [0.2, 0.25) is 11.8 Å². The average molecular weight is 344 g/mol. The van der Waals surface area contributed by atoms with Gasteiger partial charge < -0.3 is 10.3 Å². The number of amides is 1. The van der Waals surface area contributed by atoms with Crippen molar-refractivity contribution in [2.45, 2.75) is 32.6 Å². The number of benzene rings is 1. The van der Waals surface area contributed by atoms with E-state index < -0.39 is 0 Å². The Labute approximate surface area is 149 Å². The van der Waals surface area contributed by atoms with Crippen LogP contribution in [0.5, 0.6) is 0 Å². The standard InChI is InChI=1S/C19H28N4O2/c1-19(2,3)16-13-18(25-22-16)21-17(24)14-23(12-10-20)11-9-15-7-5-4-6-8-15/h4-8,13H,9-12,14,20H2,1-3H3,(H,21,24). The highest BCUT2D eigenvalue weighted by atomic mass is 16.5. The quantitative estimate of drug-likeness (QED) is 0.768. The number of nitrogens with one attached hydrogen (secondary N) is 1. The van der Waals surface area contributed by atoms with E-state index in [0.29, 0.717) is 19.0 Å². The molecule has 0 fully saturated rings. The van der Waals surface area contributed by atoms with Gasteiger partial charge in [0.25, 0.3) is 0 Å². The number of anilines is 1. The van der Waals surface area contributed by atoms with Crippen LogP contribution in [0.3, 0.4) is 0 Å². The van der Waals surface area contributed by atoms with Gasteiger partial charge in [-0.25, -0.2) is 0 Å². The fraction of sp³-hybridized carbons (Fsp3) is 0.474. The highest BCUT2D eigenvalue weighted by molar-refractivity contribution is 5.91. The Morgan fingerprint density at radius 3 is 2.56 bits per heavy atom. The summed E-state index contributed by atoms with van der Waals surface area (Å²) >= 11 is 0. The third kappa shape index (κ3) is 6.32. The third-order valence-corrected chi connectivity index (χ3v) is 3.91. The molecule has 0 atom stereocenters. The van der Waals surface area contributed by atoms with Crippen LogP contribution in [0.1, 0.15) is 32.0 Å². The fourth-order valence-corrected chi connectivity index (χ4v) is 2.45. The summed E-state index contributed by atoms with van der Waals surface area (Å²) in [6.07, 6.45) is 0.880. The maximum atomic E-state index is 12.3. The van der Waals surface area contributed by atoms with Gasteiger partial charge in [-0.05, 0) is 12.0 Å². The molecule has 0 saturated heterocycles. The van der Waals surface area contributed by atoms with Crippen molar-refractivity contribution >= 4 is 11.8 Å². The number of carbonyl (C=O) groups is 1. The van der Waals surface area contributed by atoms with Crippen LogP contribution < -0.4 is 11.1 Å². The first-order valence-electron chi connectivity index (χ1n) is 8.62. The molecular weight excluding hydrogens is 316 g/mol. The number of rotatable bonds is 8. The summed E-state index contributed by atoms with van der Waals surface area (Å²) in [5, 5.41) is 6.78. The monoisotopic (exact) mass is 344 g/mol. The predicted molar refractivity (Wildman–Crippen MR) is 99.5 cm³/mol. The molecule has 1 amide bonds. The summed E-state index contributed by atoms with van der Waals surface area (Å²) in [4.78, 5) is 14.3. The number of hydrogen-bond donors (Lipinski definition) is 2. The number of hydrogen-bond acceptors (Lipinski definition) is 5. The largest absolute Gasteiger partial charge is 0.338 e. The lowest BCUT2D eigenvalue weighted by Crippen LogP contribution is -2.37. The topological polar surface area (TPSA) is 84.4 Å². The maximum Gasteiger partial charge on any atom is 0.240 e. The van der Waals surface area contributed by atoms with Crippen LogP contribution >= 0.6 is 0 Å². The Morgan fingerprint density at radius 2 is 1.96 bits per heavy atom. The van der Waals surface area contributed by atoms with E-state index in [1.165, 1.54) is 5.56 Å². The molecule has 25 heavy (non-hydrogen) atoms. The van der Waals surface area contributed by atoms with Crippen molar-refractivity contribution in [1.29, 1.82) is 0 Å². The molecule has 2 rings (SSSR count). The van der Waals surface area contributed by atoms with Crippen LogP contribution in [0, 0.1) is 0 Å². The summed E-state index contributed by atoms with van der Waals surface area (Å²) in [7, 11) is 0. The van der Waals surface area contributed by atoms with Crippen LogP contribution in [0.4, 0.5) is 5.88 Å². The van der Waals surface area contributed by atoms with E-state index in [2.05, 4.69) is 22.6 Å². The molecule has 136 valence electrons. The summed E-state index contributed by atoms with van der Waals surface area (Å²) < 4.78 is 5.21. The molecular formula is C19H28N4O2. The van der Waals surface area contributed by atoms with E-state index in [1.807, 2.05) is 43.9 Å². The molecule has 0 aliphatic heterocycles. The minimum Gasteiger partial charge on any atom is -0.338 e. The van der Waals surface area contributed by atoms with Gasteiger partial charge in [-0.1, -0.05) is 56.3 Å². The first-order valence-corrected chi connectivity index (χ1v) is 8.62. The average Bonchev–Trinajstić information content (AvgIpc) is 3.02. The van der Waals surface area contributed by atoms with E-state index in [-0.39, 0.29) is 17.9 Å². The predicted octanol–water partition coefficient (Wildman–Crippen LogP) is 2.41. The molecule has 0 aliphatic rings. The van der Waals surface area contributed by atoms with Crippen molar-refractivity contribution in [2.75, 3.05) is 31.5 Å². The maximum absolute atomic E-state index is 12.3. The van der Waals surface area contributed by atoms with Gasteiger partial charge in [0.15, 0.2) is 0 Å².